The Hall–Kier alpha value is -1.22. The monoisotopic (exact) mass is 337 g/mol. The molecule has 0 N–H and O–H groups in total. The third-order valence-corrected chi connectivity index (χ3v) is 5.61. The molecule has 6 nitrogen and oxygen atoms in total. The van der Waals surface area contributed by atoms with Crippen LogP contribution in [0.2, 0.25) is 0 Å². The lowest BCUT2D eigenvalue weighted by atomic mass is 10.2. The number of nitrogens with zero attached hydrogens (tertiary/aromatic N) is 5. The van der Waals surface area contributed by atoms with E-state index in [1.54, 1.807) is 22.7 Å². The van der Waals surface area contributed by atoms with Gasteiger partial charge in [-0.25, -0.2) is 9.97 Å². The van der Waals surface area contributed by atoms with Crippen LogP contribution in [0.15, 0.2) is 23.2 Å². The van der Waals surface area contributed by atoms with Gasteiger partial charge >= 0.3 is 0 Å². The summed E-state index contributed by atoms with van der Waals surface area (Å²) >= 11 is 3.37. The van der Waals surface area contributed by atoms with Crippen LogP contribution >= 0.6 is 22.7 Å². The van der Waals surface area contributed by atoms with Gasteiger partial charge in [-0.1, -0.05) is 0 Å². The second kappa shape index (κ2) is 6.49. The number of hydrogen-bond donors (Lipinski definition) is 0. The zero-order valence-corrected chi connectivity index (χ0v) is 13.9. The third kappa shape index (κ3) is 3.10. The van der Waals surface area contributed by atoms with Crippen LogP contribution in [0.4, 0.5) is 10.3 Å². The standard InChI is InChI=1S/C14H19N5OS2/c1-2-12(20-5-1)8-17-9-18(13-15-3-6-21-13)11-19(10-17)14-16-4-7-22-14/h3-4,6-7,12H,1-2,5,8-11H2. The van der Waals surface area contributed by atoms with E-state index in [1.165, 1.54) is 12.8 Å². The van der Waals surface area contributed by atoms with Crippen molar-refractivity contribution in [2.45, 2.75) is 18.9 Å². The number of rotatable bonds is 4. The zero-order chi connectivity index (χ0) is 14.8. The van der Waals surface area contributed by atoms with Gasteiger partial charge in [0.15, 0.2) is 10.3 Å². The molecule has 2 aromatic heterocycles. The van der Waals surface area contributed by atoms with Gasteiger partial charge in [0.05, 0.1) is 26.1 Å². The van der Waals surface area contributed by atoms with E-state index in [9.17, 15) is 0 Å². The molecule has 0 aliphatic carbocycles. The van der Waals surface area contributed by atoms with E-state index in [0.29, 0.717) is 6.10 Å². The van der Waals surface area contributed by atoms with E-state index in [0.717, 1.165) is 43.4 Å². The highest BCUT2D eigenvalue weighted by atomic mass is 32.1. The first-order chi connectivity index (χ1) is 10.9. The topological polar surface area (TPSA) is 44.7 Å². The molecule has 4 rings (SSSR count). The molecule has 8 heteroatoms. The first kappa shape index (κ1) is 14.4. The molecule has 1 unspecified atom stereocenters. The lowest BCUT2D eigenvalue weighted by Crippen LogP contribution is -2.56. The molecule has 22 heavy (non-hydrogen) atoms. The molecule has 2 fully saturated rings. The average molecular weight is 337 g/mol. The Morgan fingerprint density at radius 3 is 2.23 bits per heavy atom. The molecule has 1 atom stereocenters. The highest BCUT2D eigenvalue weighted by molar-refractivity contribution is 7.14. The van der Waals surface area contributed by atoms with Gasteiger partial charge < -0.3 is 14.5 Å². The third-order valence-electron chi connectivity index (χ3n) is 3.95. The van der Waals surface area contributed by atoms with Crippen molar-refractivity contribution in [1.29, 1.82) is 0 Å². The lowest BCUT2D eigenvalue weighted by Gasteiger charge is -2.42. The first-order valence-electron chi connectivity index (χ1n) is 7.51. The summed E-state index contributed by atoms with van der Waals surface area (Å²) in [5.41, 5.74) is 0. The molecule has 0 bridgehead atoms. The molecule has 118 valence electrons. The Kier molecular flexibility index (Phi) is 4.24. The fourth-order valence-electron chi connectivity index (χ4n) is 3.00. The fraction of sp³-hybridized carbons (Fsp3) is 0.571. The molecule has 0 amide bonds. The van der Waals surface area contributed by atoms with E-state index in [2.05, 4.69) is 24.7 Å². The molecule has 0 radical (unpaired) electrons. The van der Waals surface area contributed by atoms with Crippen molar-refractivity contribution in [3.63, 3.8) is 0 Å². The molecule has 2 aliphatic heterocycles. The van der Waals surface area contributed by atoms with Crippen LogP contribution in [0.1, 0.15) is 12.8 Å². The smallest absolute Gasteiger partial charge is 0.187 e. The second-order valence-corrected chi connectivity index (χ2v) is 7.37. The summed E-state index contributed by atoms with van der Waals surface area (Å²) in [6.07, 6.45) is 6.46. The van der Waals surface area contributed by atoms with E-state index >= 15 is 0 Å². The van der Waals surface area contributed by atoms with Gasteiger partial charge in [-0.3, -0.25) is 4.90 Å². The van der Waals surface area contributed by atoms with Crippen LogP contribution in [-0.4, -0.2) is 54.1 Å². The summed E-state index contributed by atoms with van der Waals surface area (Å²) in [4.78, 5) is 16.0. The van der Waals surface area contributed by atoms with Crippen LogP contribution in [0, 0.1) is 0 Å². The van der Waals surface area contributed by atoms with Crippen molar-refractivity contribution in [2.75, 3.05) is 43.0 Å². The maximum Gasteiger partial charge on any atom is 0.187 e. The van der Waals surface area contributed by atoms with Crippen LogP contribution in [0.25, 0.3) is 0 Å². The second-order valence-electron chi connectivity index (χ2n) is 5.62. The number of anilines is 2. The van der Waals surface area contributed by atoms with Crippen molar-refractivity contribution in [3.05, 3.63) is 23.2 Å². The Morgan fingerprint density at radius 2 is 1.73 bits per heavy atom. The normalized spacial score (nSPS) is 23.4. The van der Waals surface area contributed by atoms with Gasteiger partial charge in [-0.2, -0.15) is 0 Å². The minimum Gasteiger partial charge on any atom is -0.377 e. The number of aromatic nitrogens is 2. The van der Waals surface area contributed by atoms with E-state index < -0.39 is 0 Å². The van der Waals surface area contributed by atoms with E-state index in [1.807, 2.05) is 23.2 Å². The molecule has 2 saturated heterocycles. The van der Waals surface area contributed by atoms with Crippen LogP contribution < -0.4 is 9.80 Å². The van der Waals surface area contributed by atoms with Gasteiger partial charge in [0, 0.05) is 36.3 Å². The first-order valence-corrected chi connectivity index (χ1v) is 9.27. The van der Waals surface area contributed by atoms with E-state index in [4.69, 9.17) is 4.74 Å². The van der Waals surface area contributed by atoms with Crippen molar-refractivity contribution in [2.24, 2.45) is 0 Å². The maximum atomic E-state index is 5.80. The van der Waals surface area contributed by atoms with Gasteiger partial charge in [0.2, 0.25) is 0 Å². The molecule has 4 heterocycles. The summed E-state index contributed by atoms with van der Waals surface area (Å²) in [7, 11) is 0. The fourth-order valence-corrected chi connectivity index (χ4v) is 4.26. The highest BCUT2D eigenvalue weighted by Crippen LogP contribution is 2.26. The van der Waals surface area contributed by atoms with Gasteiger partial charge in [-0.15, -0.1) is 22.7 Å². The van der Waals surface area contributed by atoms with E-state index in [-0.39, 0.29) is 0 Å². The minimum atomic E-state index is 0.370. The SMILES string of the molecule is c1csc(N2CN(CC3CCCO3)CN(c3nccs3)C2)n1. The van der Waals surface area contributed by atoms with Crippen molar-refractivity contribution in [1.82, 2.24) is 14.9 Å². The highest BCUT2D eigenvalue weighted by Gasteiger charge is 2.29. The Morgan fingerprint density at radius 1 is 1.05 bits per heavy atom. The number of hydrogen-bond acceptors (Lipinski definition) is 8. The number of ether oxygens (including phenoxy) is 1. The van der Waals surface area contributed by atoms with Gasteiger partial charge in [0.25, 0.3) is 0 Å². The predicted octanol–water partition coefficient (Wildman–Crippen LogP) is 2.28. The molecular weight excluding hydrogens is 318 g/mol. The summed E-state index contributed by atoms with van der Waals surface area (Å²) < 4.78 is 5.80. The summed E-state index contributed by atoms with van der Waals surface area (Å²) in [6.45, 7) is 4.52. The Bertz CT molecular complexity index is 528. The molecule has 2 aliphatic rings. The lowest BCUT2D eigenvalue weighted by molar-refractivity contribution is 0.0689. The zero-order valence-electron chi connectivity index (χ0n) is 12.3. The Balaban J connectivity index is 1.50. The van der Waals surface area contributed by atoms with Crippen molar-refractivity contribution in [3.8, 4) is 0 Å². The number of thiazole rings is 2. The summed E-state index contributed by atoms with van der Waals surface area (Å²) in [6, 6.07) is 0. The molecular formula is C14H19N5OS2. The molecule has 2 aromatic rings. The van der Waals surface area contributed by atoms with Crippen molar-refractivity contribution < 1.29 is 4.74 Å². The van der Waals surface area contributed by atoms with Crippen LogP contribution in [0.3, 0.4) is 0 Å². The largest absolute Gasteiger partial charge is 0.377 e. The van der Waals surface area contributed by atoms with Crippen LogP contribution in [-0.2, 0) is 4.74 Å². The Labute approximate surface area is 138 Å². The van der Waals surface area contributed by atoms with Gasteiger partial charge in [0.1, 0.15) is 0 Å². The summed E-state index contributed by atoms with van der Waals surface area (Å²) in [5.74, 6) is 0. The summed E-state index contributed by atoms with van der Waals surface area (Å²) in [5, 5.41) is 6.20. The average Bonchev–Trinajstić information content (AvgIpc) is 3.29. The molecule has 0 spiro atoms. The molecule has 0 saturated carbocycles. The quantitative estimate of drug-likeness (QED) is 0.853. The van der Waals surface area contributed by atoms with Crippen molar-refractivity contribution >= 4 is 32.9 Å². The predicted molar refractivity (Wildman–Crippen MR) is 89.5 cm³/mol. The minimum absolute atomic E-state index is 0.370. The molecule has 0 aromatic carbocycles. The maximum absolute atomic E-state index is 5.80. The van der Waals surface area contributed by atoms with Gasteiger partial charge in [-0.05, 0) is 12.8 Å². The van der Waals surface area contributed by atoms with Crippen LogP contribution in [0.5, 0.6) is 0 Å².